The second kappa shape index (κ2) is 5.60. The van der Waals surface area contributed by atoms with Crippen LogP contribution in [-0.4, -0.2) is 55.2 Å². The Morgan fingerprint density at radius 2 is 2.06 bits per heavy atom. The molecule has 1 aliphatic rings. The van der Waals surface area contributed by atoms with Crippen molar-refractivity contribution >= 4 is 17.8 Å². The summed E-state index contributed by atoms with van der Waals surface area (Å²) in [5.74, 6) is -1.87. The first kappa shape index (κ1) is 13.4. The molecule has 0 aromatic rings. The lowest BCUT2D eigenvalue weighted by atomic mass is 10.2. The van der Waals surface area contributed by atoms with Gasteiger partial charge in [-0.15, -0.1) is 0 Å². The van der Waals surface area contributed by atoms with Gasteiger partial charge in [0, 0.05) is 13.3 Å². The molecule has 0 aromatic heterocycles. The summed E-state index contributed by atoms with van der Waals surface area (Å²) in [4.78, 5) is 34.5. The summed E-state index contributed by atoms with van der Waals surface area (Å²) in [7, 11) is 1.17. The minimum Gasteiger partial charge on any atom is -0.467 e. The second-order valence-corrected chi connectivity index (χ2v) is 3.70. The molecule has 1 rings (SSSR count). The Labute approximate surface area is 97.7 Å². The fourth-order valence-corrected chi connectivity index (χ4v) is 1.67. The quantitative estimate of drug-likeness (QED) is 0.638. The van der Waals surface area contributed by atoms with E-state index in [1.807, 2.05) is 0 Å². The minimum atomic E-state index is -1.26. The third-order valence-corrected chi connectivity index (χ3v) is 2.44. The molecule has 1 saturated heterocycles. The van der Waals surface area contributed by atoms with Gasteiger partial charge in [0.05, 0.1) is 13.7 Å². The number of hydrogen-bond donors (Lipinski definition) is 0. The third-order valence-electron chi connectivity index (χ3n) is 2.44. The van der Waals surface area contributed by atoms with Crippen LogP contribution in [0.5, 0.6) is 0 Å². The Morgan fingerprint density at radius 1 is 1.41 bits per heavy atom. The van der Waals surface area contributed by atoms with Crippen LogP contribution in [0, 0.1) is 0 Å². The molecule has 96 valence electrons. The number of rotatable bonds is 3. The molecule has 0 aromatic carbocycles. The summed E-state index contributed by atoms with van der Waals surface area (Å²) < 4.78 is 22.2. The Morgan fingerprint density at radius 3 is 2.59 bits per heavy atom. The van der Waals surface area contributed by atoms with E-state index in [9.17, 15) is 18.8 Å². The van der Waals surface area contributed by atoms with Crippen LogP contribution in [0.3, 0.4) is 0 Å². The maximum Gasteiger partial charge on any atom is 0.328 e. The van der Waals surface area contributed by atoms with E-state index in [-0.39, 0.29) is 13.0 Å². The van der Waals surface area contributed by atoms with Crippen molar-refractivity contribution in [2.45, 2.75) is 25.6 Å². The van der Waals surface area contributed by atoms with E-state index in [0.29, 0.717) is 0 Å². The molecule has 0 aliphatic carbocycles. The molecule has 0 unspecified atom stereocenters. The monoisotopic (exact) mass is 247 g/mol. The first-order valence-corrected chi connectivity index (χ1v) is 5.10. The summed E-state index contributed by atoms with van der Waals surface area (Å²) >= 11 is 0. The molecule has 1 aliphatic heterocycles. The molecule has 2 atom stereocenters. The fourth-order valence-electron chi connectivity index (χ4n) is 1.67. The lowest BCUT2D eigenvalue weighted by Crippen LogP contribution is -2.43. The van der Waals surface area contributed by atoms with Crippen molar-refractivity contribution in [2.24, 2.45) is 0 Å². The number of amides is 1. The van der Waals surface area contributed by atoms with Crippen LogP contribution in [-0.2, 0) is 23.9 Å². The van der Waals surface area contributed by atoms with Crippen molar-refractivity contribution in [2.75, 3.05) is 20.3 Å². The predicted octanol–water partition coefficient (Wildman–Crippen LogP) is -0.339. The van der Waals surface area contributed by atoms with Crippen molar-refractivity contribution in [3.05, 3.63) is 0 Å². The highest BCUT2D eigenvalue weighted by molar-refractivity contribution is 5.86. The highest BCUT2D eigenvalue weighted by Gasteiger charge is 2.40. The maximum atomic E-state index is 13.2. The van der Waals surface area contributed by atoms with E-state index in [0.717, 1.165) is 11.8 Å². The molecule has 0 radical (unpaired) electrons. The number of esters is 2. The van der Waals surface area contributed by atoms with Gasteiger partial charge in [-0.2, -0.15) is 0 Å². The Balaban J connectivity index is 2.63. The van der Waals surface area contributed by atoms with Gasteiger partial charge >= 0.3 is 11.9 Å². The second-order valence-electron chi connectivity index (χ2n) is 3.70. The molecule has 1 amide bonds. The number of alkyl halides is 1. The van der Waals surface area contributed by atoms with Gasteiger partial charge in [0.15, 0.2) is 6.61 Å². The van der Waals surface area contributed by atoms with Gasteiger partial charge in [0.2, 0.25) is 0 Å². The van der Waals surface area contributed by atoms with E-state index in [4.69, 9.17) is 0 Å². The molecule has 7 heteroatoms. The number of ether oxygens (including phenoxy) is 2. The molecule has 0 spiro atoms. The van der Waals surface area contributed by atoms with Crippen molar-refractivity contribution in [1.29, 1.82) is 0 Å². The summed E-state index contributed by atoms with van der Waals surface area (Å²) in [6, 6.07) is -0.932. The van der Waals surface area contributed by atoms with E-state index >= 15 is 0 Å². The summed E-state index contributed by atoms with van der Waals surface area (Å²) in [5, 5.41) is 0. The Kier molecular flexibility index (Phi) is 4.42. The van der Waals surface area contributed by atoms with E-state index in [2.05, 4.69) is 9.47 Å². The average Bonchev–Trinajstić information content (AvgIpc) is 2.67. The maximum absolute atomic E-state index is 13.2. The molecule has 0 saturated carbocycles. The lowest BCUT2D eigenvalue weighted by Gasteiger charge is -2.21. The van der Waals surface area contributed by atoms with Gasteiger partial charge in [-0.3, -0.25) is 9.59 Å². The van der Waals surface area contributed by atoms with Crippen LogP contribution in [0.15, 0.2) is 0 Å². The topological polar surface area (TPSA) is 72.9 Å². The number of carbonyl (C=O) groups excluding carboxylic acids is 3. The fraction of sp³-hybridized carbons (Fsp3) is 0.700. The first-order chi connectivity index (χ1) is 7.95. The van der Waals surface area contributed by atoms with E-state index in [1.165, 1.54) is 7.11 Å². The zero-order chi connectivity index (χ0) is 13.0. The average molecular weight is 247 g/mol. The van der Waals surface area contributed by atoms with E-state index in [1.54, 1.807) is 0 Å². The molecule has 1 heterocycles. The largest absolute Gasteiger partial charge is 0.467 e. The van der Waals surface area contributed by atoms with Gasteiger partial charge in [-0.25, -0.2) is 9.18 Å². The summed E-state index contributed by atoms with van der Waals surface area (Å²) in [5.41, 5.74) is 0. The number of likely N-dealkylation sites (tertiary alicyclic amines) is 1. The third kappa shape index (κ3) is 3.40. The minimum absolute atomic E-state index is 0.0848. The number of halogens is 1. The Hall–Kier alpha value is -1.66. The van der Waals surface area contributed by atoms with Crippen LogP contribution in [0.4, 0.5) is 4.39 Å². The molecular formula is C10H14FNO5. The molecule has 17 heavy (non-hydrogen) atoms. The van der Waals surface area contributed by atoms with Gasteiger partial charge < -0.3 is 14.4 Å². The smallest absolute Gasteiger partial charge is 0.328 e. The predicted molar refractivity (Wildman–Crippen MR) is 53.7 cm³/mol. The zero-order valence-electron chi connectivity index (χ0n) is 9.64. The van der Waals surface area contributed by atoms with Crippen LogP contribution in [0.25, 0.3) is 0 Å². The molecule has 0 N–H and O–H groups in total. The van der Waals surface area contributed by atoms with E-state index < -0.39 is 36.7 Å². The van der Waals surface area contributed by atoms with Gasteiger partial charge in [0.1, 0.15) is 12.2 Å². The van der Waals surface area contributed by atoms with Crippen LogP contribution in [0.1, 0.15) is 13.3 Å². The number of methoxy groups -OCH3 is 1. The van der Waals surface area contributed by atoms with Crippen molar-refractivity contribution < 1.29 is 28.2 Å². The van der Waals surface area contributed by atoms with Crippen LogP contribution >= 0.6 is 0 Å². The summed E-state index contributed by atoms with van der Waals surface area (Å²) in [6.45, 7) is 0.489. The van der Waals surface area contributed by atoms with Gasteiger partial charge in [-0.1, -0.05) is 0 Å². The van der Waals surface area contributed by atoms with Crippen LogP contribution < -0.4 is 0 Å². The molecule has 6 nitrogen and oxygen atoms in total. The molecule has 0 bridgehead atoms. The normalized spacial score (nSPS) is 23.4. The molecule has 1 fully saturated rings. The zero-order valence-corrected chi connectivity index (χ0v) is 9.64. The standard InChI is InChI=1S/C10H14FNO5/c1-6(13)17-5-9(14)12-4-7(11)3-8(12)10(15)16-2/h7-8H,3-5H2,1-2H3/t7-,8-/m0/s1. The van der Waals surface area contributed by atoms with Gasteiger partial charge in [0.25, 0.3) is 5.91 Å². The lowest BCUT2D eigenvalue weighted by molar-refractivity contribution is -0.155. The van der Waals surface area contributed by atoms with Crippen molar-refractivity contribution in [3.8, 4) is 0 Å². The summed E-state index contributed by atoms with van der Waals surface area (Å²) in [6.07, 6.45) is -1.35. The Bertz CT molecular complexity index is 333. The SMILES string of the molecule is COC(=O)[C@@H]1C[C@H](F)CN1C(=O)COC(C)=O. The van der Waals surface area contributed by atoms with Crippen molar-refractivity contribution in [1.82, 2.24) is 4.90 Å². The number of carbonyl (C=O) groups is 3. The van der Waals surface area contributed by atoms with Gasteiger partial charge in [-0.05, 0) is 0 Å². The van der Waals surface area contributed by atoms with Crippen LogP contribution in [0.2, 0.25) is 0 Å². The number of hydrogen-bond acceptors (Lipinski definition) is 5. The van der Waals surface area contributed by atoms with Crippen molar-refractivity contribution in [3.63, 3.8) is 0 Å². The highest BCUT2D eigenvalue weighted by Crippen LogP contribution is 2.21. The molecular weight excluding hydrogens is 233 g/mol. The highest BCUT2D eigenvalue weighted by atomic mass is 19.1. The first-order valence-electron chi connectivity index (χ1n) is 5.10. The number of nitrogens with zero attached hydrogens (tertiary/aromatic N) is 1.